The predicted octanol–water partition coefficient (Wildman–Crippen LogP) is 1.29. The Morgan fingerprint density at radius 1 is 1.04 bits per heavy atom. The molecule has 0 bridgehead atoms. The summed E-state index contributed by atoms with van der Waals surface area (Å²) in [4.78, 5) is 23.8. The van der Waals surface area contributed by atoms with Gasteiger partial charge in [0, 0.05) is 24.9 Å². The number of aryl methyl sites for hydroxylation is 1. The first-order valence-electron chi connectivity index (χ1n) is 8.55. The highest BCUT2D eigenvalue weighted by Crippen LogP contribution is 2.17. The molecular weight excluding hydrogens is 382 g/mol. The molecule has 28 heavy (non-hydrogen) atoms. The number of nitrogens with one attached hydrogen (secondary N) is 3. The maximum absolute atomic E-state index is 12.6. The van der Waals surface area contributed by atoms with Gasteiger partial charge in [-0.1, -0.05) is 23.8 Å². The van der Waals surface area contributed by atoms with Crippen molar-refractivity contribution < 1.29 is 22.7 Å². The van der Waals surface area contributed by atoms with Crippen molar-refractivity contribution in [2.75, 3.05) is 31.5 Å². The fourth-order valence-electron chi connectivity index (χ4n) is 2.26. The molecule has 0 atom stereocenters. The first kappa shape index (κ1) is 21.4. The molecule has 0 aliphatic rings. The van der Waals surface area contributed by atoms with E-state index >= 15 is 0 Å². The van der Waals surface area contributed by atoms with Crippen molar-refractivity contribution >= 4 is 27.5 Å². The van der Waals surface area contributed by atoms with Crippen LogP contribution in [0.25, 0.3) is 0 Å². The number of carbonyl (C=O) groups is 2. The monoisotopic (exact) mass is 405 g/mol. The number of amides is 2. The van der Waals surface area contributed by atoms with Crippen LogP contribution in [-0.4, -0.2) is 47.0 Å². The van der Waals surface area contributed by atoms with E-state index in [1.807, 2.05) is 6.92 Å². The zero-order valence-electron chi connectivity index (χ0n) is 15.7. The lowest BCUT2D eigenvalue weighted by molar-refractivity contribution is -0.120. The highest BCUT2D eigenvalue weighted by Gasteiger charge is 2.17. The first-order chi connectivity index (χ1) is 13.3. The normalized spacial score (nSPS) is 10.9. The summed E-state index contributed by atoms with van der Waals surface area (Å²) < 4.78 is 32.4. The average Bonchev–Trinajstić information content (AvgIpc) is 2.68. The van der Waals surface area contributed by atoms with Crippen LogP contribution in [0.1, 0.15) is 15.9 Å². The summed E-state index contributed by atoms with van der Waals surface area (Å²) in [6.07, 6.45) is 0. The van der Waals surface area contributed by atoms with Gasteiger partial charge >= 0.3 is 0 Å². The second-order valence-electron chi connectivity index (χ2n) is 6.02. The number of ether oxygens (including phenoxy) is 1. The van der Waals surface area contributed by atoms with Gasteiger partial charge in [-0.2, -0.15) is 0 Å². The van der Waals surface area contributed by atoms with E-state index in [1.54, 1.807) is 24.3 Å². The lowest BCUT2D eigenvalue weighted by Crippen LogP contribution is -2.38. The third kappa shape index (κ3) is 6.36. The van der Waals surface area contributed by atoms with Crippen LogP contribution in [0.15, 0.2) is 53.4 Å². The molecular formula is C19H23N3O5S. The Morgan fingerprint density at radius 3 is 2.43 bits per heavy atom. The van der Waals surface area contributed by atoms with Crippen LogP contribution in [0.2, 0.25) is 0 Å². The molecule has 0 heterocycles. The number of methoxy groups -OCH3 is 1. The van der Waals surface area contributed by atoms with Crippen molar-refractivity contribution in [3.63, 3.8) is 0 Å². The van der Waals surface area contributed by atoms with E-state index in [0.717, 1.165) is 5.56 Å². The Morgan fingerprint density at radius 2 is 1.75 bits per heavy atom. The molecule has 0 radical (unpaired) electrons. The summed E-state index contributed by atoms with van der Waals surface area (Å²) in [7, 11) is -2.34. The Kier molecular flexibility index (Phi) is 7.53. The van der Waals surface area contributed by atoms with Gasteiger partial charge in [0.15, 0.2) is 0 Å². The van der Waals surface area contributed by atoms with Gasteiger partial charge in [-0.3, -0.25) is 14.3 Å². The van der Waals surface area contributed by atoms with Crippen LogP contribution in [0, 0.1) is 6.92 Å². The molecule has 0 saturated heterocycles. The number of anilines is 1. The quantitative estimate of drug-likeness (QED) is 0.544. The number of sulfonamides is 1. The molecule has 3 N–H and O–H groups in total. The zero-order chi connectivity index (χ0) is 20.6. The van der Waals surface area contributed by atoms with Crippen LogP contribution < -0.4 is 15.4 Å². The standard InChI is InChI=1S/C19H23N3O5S/c1-14-6-8-16(9-7-14)22-28(25,26)17-5-3-4-15(12-17)19(24)21-13-18(23)20-10-11-27-2/h3-9,12,22H,10-11,13H2,1-2H3,(H,20,23)(H,21,24). The van der Waals surface area contributed by atoms with E-state index in [2.05, 4.69) is 15.4 Å². The summed E-state index contributed by atoms with van der Waals surface area (Å²) in [6.45, 7) is 2.39. The molecule has 2 aromatic rings. The smallest absolute Gasteiger partial charge is 0.261 e. The molecule has 0 fully saturated rings. The van der Waals surface area contributed by atoms with E-state index in [-0.39, 0.29) is 22.9 Å². The Hall–Kier alpha value is -2.91. The lowest BCUT2D eigenvalue weighted by atomic mass is 10.2. The molecule has 0 saturated carbocycles. The average molecular weight is 405 g/mol. The molecule has 2 aromatic carbocycles. The number of hydrogen-bond acceptors (Lipinski definition) is 5. The second kappa shape index (κ2) is 9.86. The molecule has 2 rings (SSSR count). The molecule has 150 valence electrons. The summed E-state index contributed by atoms with van der Waals surface area (Å²) in [6, 6.07) is 12.5. The SMILES string of the molecule is COCCNC(=O)CNC(=O)c1cccc(S(=O)(=O)Nc2ccc(C)cc2)c1. The van der Waals surface area contributed by atoms with Crippen molar-refractivity contribution in [3.05, 3.63) is 59.7 Å². The molecule has 0 aliphatic carbocycles. The fourth-order valence-corrected chi connectivity index (χ4v) is 3.36. The number of benzene rings is 2. The minimum absolute atomic E-state index is 0.0507. The third-order valence-electron chi connectivity index (χ3n) is 3.75. The third-order valence-corrected chi connectivity index (χ3v) is 5.13. The lowest BCUT2D eigenvalue weighted by Gasteiger charge is -2.10. The van der Waals surface area contributed by atoms with Gasteiger partial charge in [-0.25, -0.2) is 8.42 Å². The predicted molar refractivity (Wildman–Crippen MR) is 106 cm³/mol. The van der Waals surface area contributed by atoms with Gasteiger partial charge < -0.3 is 15.4 Å². The maximum Gasteiger partial charge on any atom is 0.261 e. The summed E-state index contributed by atoms with van der Waals surface area (Å²) in [5.74, 6) is -0.913. The van der Waals surface area contributed by atoms with Crippen molar-refractivity contribution in [2.24, 2.45) is 0 Å². The first-order valence-corrected chi connectivity index (χ1v) is 10.0. The summed E-state index contributed by atoms with van der Waals surface area (Å²) in [5, 5.41) is 5.03. The van der Waals surface area contributed by atoms with E-state index < -0.39 is 15.9 Å². The van der Waals surface area contributed by atoms with Gasteiger partial charge in [0.05, 0.1) is 18.0 Å². The Bertz CT molecular complexity index is 927. The van der Waals surface area contributed by atoms with Gasteiger partial charge in [0.1, 0.15) is 0 Å². The van der Waals surface area contributed by atoms with E-state index in [0.29, 0.717) is 18.8 Å². The van der Waals surface area contributed by atoms with Crippen LogP contribution in [-0.2, 0) is 19.6 Å². The molecule has 2 amide bonds. The number of rotatable bonds is 9. The minimum Gasteiger partial charge on any atom is -0.383 e. The highest BCUT2D eigenvalue weighted by atomic mass is 32.2. The van der Waals surface area contributed by atoms with Gasteiger partial charge in [-0.05, 0) is 37.3 Å². The molecule has 0 unspecified atom stereocenters. The summed E-state index contributed by atoms with van der Waals surface area (Å²) in [5.41, 5.74) is 1.57. The molecule has 0 spiro atoms. The summed E-state index contributed by atoms with van der Waals surface area (Å²) >= 11 is 0. The second-order valence-corrected chi connectivity index (χ2v) is 7.71. The van der Waals surface area contributed by atoms with Crippen LogP contribution in [0.5, 0.6) is 0 Å². The maximum atomic E-state index is 12.6. The van der Waals surface area contributed by atoms with Crippen molar-refractivity contribution in [1.82, 2.24) is 10.6 Å². The zero-order valence-corrected chi connectivity index (χ0v) is 16.5. The van der Waals surface area contributed by atoms with E-state index in [9.17, 15) is 18.0 Å². The topological polar surface area (TPSA) is 114 Å². The highest BCUT2D eigenvalue weighted by molar-refractivity contribution is 7.92. The fraction of sp³-hybridized carbons (Fsp3) is 0.263. The number of carbonyl (C=O) groups excluding carboxylic acids is 2. The van der Waals surface area contributed by atoms with Gasteiger partial charge in [-0.15, -0.1) is 0 Å². The Labute approximate surface area is 164 Å². The molecule has 0 aliphatic heterocycles. The van der Waals surface area contributed by atoms with Gasteiger partial charge in [0.2, 0.25) is 5.91 Å². The van der Waals surface area contributed by atoms with Crippen LogP contribution in [0.3, 0.4) is 0 Å². The van der Waals surface area contributed by atoms with Crippen molar-refractivity contribution in [1.29, 1.82) is 0 Å². The van der Waals surface area contributed by atoms with E-state index in [1.165, 1.54) is 31.4 Å². The van der Waals surface area contributed by atoms with Gasteiger partial charge in [0.25, 0.3) is 15.9 Å². The Balaban J connectivity index is 2.03. The van der Waals surface area contributed by atoms with Crippen molar-refractivity contribution in [2.45, 2.75) is 11.8 Å². The molecule has 0 aromatic heterocycles. The minimum atomic E-state index is -3.85. The van der Waals surface area contributed by atoms with Crippen molar-refractivity contribution in [3.8, 4) is 0 Å². The number of hydrogen-bond donors (Lipinski definition) is 3. The van der Waals surface area contributed by atoms with Crippen LogP contribution in [0.4, 0.5) is 5.69 Å². The molecule has 8 nitrogen and oxygen atoms in total. The largest absolute Gasteiger partial charge is 0.383 e. The van der Waals surface area contributed by atoms with E-state index in [4.69, 9.17) is 4.74 Å². The molecule has 9 heteroatoms. The van der Waals surface area contributed by atoms with Crippen LogP contribution >= 0.6 is 0 Å².